The lowest BCUT2D eigenvalue weighted by Crippen LogP contribution is -2.38. The van der Waals surface area contributed by atoms with Gasteiger partial charge in [0.2, 0.25) is 0 Å². The molecule has 64 valence electrons. The Balaban J connectivity index is 1.68. The molecule has 11 heavy (non-hydrogen) atoms. The van der Waals surface area contributed by atoms with Crippen molar-refractivity contribution in [2.45, 2.75) is 51.6 Å². The molecule has 0 aromatic heterocycles. The maximum atomic E-state index is 3.71. The molecule has 0 aromatic carbocycles. The largest absolute Gasteiger partial charge is 0.311 e. The van der Waals surface area contributed by atoms with Crippen LogP contribution >= 0.6 is 0 Å². The lowest BCUT2D eigenvalue weighted by atomic mass is 9.80. The highest BCUT2D eigenvalue weighted by atomic mass is 15.0. The third-order valence-corrected chi connectivity index (χ3v) is 3.44. The molecule has 2 rings (SSSR count). The minimum absolute atomic E-state index is 0.790. The van der Waals surface area contributed by atoms with Crippen molar-refractivity contribution in [2.75, 3.05) is 0 Å². The Bertz CT molecular complexity index is 140. The molecular formula is C10H19N. The van der Waals surface area contributed by atoms with Crippen molar-refractivity contribution in [1.29, 1.82) is 0 Å². The van der Waals surface area contributed by atoms with Crippen LogP contribution in [0.3, 0.4) is 0 Å². The Hall–Kier alpha value is -0.0400. The fourth-order valence-corrected chi connectivity index (χ4v) is 1.97. The number of hydrogen-bond donors (Lipinski definition) is 1. The molecule has 0 aliphatic heterocycles. The molecule has 0 spiro atoms. The highest BCUT2D eigenvalue weighted by molar-refractivity contribution is 4.93. The summed E-state index contributed by atoms with van der Waals surface area (Å²) in [6.45, 7) is 4.69. The van der Waals surface area contributed by atoms with Gasteiger partial charge in [-0.2, -0.15) is 0 Å². The molecule has 2 fully saturated rings. The van der Waals surface area contributed by atoms with Gasteiger partial charge in [-0.25, -0.2) is 0 Å². The van der Waals surface area contributed by atoms with Crippen molar-refractivity contribution >= 4 is 0 Å². The average molecular weight is 153 g/mol. The summed E-state index contributed by atoms with van der Waals surface area (Å²) in [6, 6.07) is 1.66. The maximum Gasteiger partial charge on any atom is 0.00989 e. The number of nitrogens with one attached hydrogen (secondary N) is 1. The zero-order valence-electron chi connectivity index (χ0n) is 7.64. The van der Waals surface area contributed by atoms with Crippen LogP contribution in [0.25, 0.3) is 0 Å². The molecule has 1 heteroatoms. The molecule has 3 unspecified atom stereocenters. The van der Waals surface area contributed by atoms with E-state index in [1.807, 2.05) is 0 Å². The highest BCUT2D eigenvalue weighted by Crippen LogP contribution is 2.34. The van der Waals surface area contributed by atoms with Crippen LogP contribution in [0.5, 0.6) is 0 Å². The van der Waals surface area contributed by atoms with Gasteiger partial charge in [-0.05, 0) is 38.0 Å². The minimum Gasteiger partial charge on any atom is -0.311 e. The Morgan fingerprint density at radius 1 is 1.36 bits per heavy atom. The Kier molecular flexibility index (Phi) is 1.92. The van der Waals surface area contributed by atoms with Gasteiger partial charge in [0.1, 0.15) is 0 Å². The lowest BCUT2D eigenvalue weighted by molar-refractivity contribution is 0.238. The van der Waals surface area contributed by atoms with E-state index in [1.54, 1.807) is 0 Å². The van der Waals surface area contributed by atoms with Crippen LogP contribution in [-0.2, 0) is 0 Å². The number of rotatable bonds is 3. The van der Waals surface area contributed by atoms with Gasteiger partial charge >= 0.3 is 0 Å². The molecule has 0 aromatic rings. The molecular weight excluding hydrogens is 134 g/mol. The summed E-state index contributed by atoms with van der Waals surface area (Å²) in [4.78, 5) is 0. The van der Waals surface area contributed by atoms with Gasteiger partial charge in [0.15, 0.2) is 0 Å². The molecule has 0 bridgehead atoms. The van der Waals surface area contributed by atoms with E-state index in [2.05, 4.69) is 19.2 Å². The molecule has 0 amide bonds. The summed E-state index contributed by atoms with van der Waals surface area (Å²) in [5.41, 5.74) is 0. The van der Waals surface area contributed by atoms with Gasteiger partial charge in [0.25, 0.3) is 0 Å². The van der Waals surface area contributed by atoms with Gasteiger partial charge in [-0.3, -0.25) is 0 Å². The molecule has 1 N–H and O–H groups in total. The fraction of sp³-hybridized carbons (Fsp3) is 1.00. The second kappa shape index (κ2) is 2.78. The first-order valence-electron chi connectivity index (χ1n) is 5.03. The third-order valence-electron chi connectivity index (χ3n) is 3.44. The van der Waals surface area contributed by atoms with E-state index in [0.717, 1.165) is 23.9 Å². The van der Waals surface area contributed by atoms with Crippen molar-refractivity contribution in [2.24, 2.45) is 11.8 Å². The Morgan fingerprint density at radius 3 is 2.36 bits per heavy atom. The van der Waals surface area contributed by atoms with Crippen molar-refractivity contribution in [1.82, 2.24) is 5.32 Å². The summed E-state index contributed by atoms with van der Waals surface area (Å²) in [5, 5.41) is 3.71. The molecule has 1 nitrogen and oxygen atoms in total. The summed E-state index contributed by atoms with van der Waals surface area (Å²) in [5.74, 6) is 1.96. The quantitative estimate of drug-likeness (QED) is 0.655. The molecule has 2 aliphatic rings. The summed E-state index contributed by atoms with van der Waals surface area (Å²) in [6.07, 6.45) is 5.82. The summed E-state index contributed by atoms with van der Waals surface area (Å²) >= 11 is 0. The van der Waals surface area contributed by atoms with E-state index in [1.165, 1.54) is 25.7 Å². The van der Waals surface area contributed by atoms with E-state index in [9.17, 15) is 0 Å². The van der Waals surface area contributed by atoms with Crippen LogP contribution in [0, 0.1) is 11.8 Å². The topological polar surface area (TPSA) is 12.0 Å². The van der Waals surface area contributed by atoms with E-state index in [0.29, 0.717) is 0 Å². The van der Waals surface area contributed by atoms with Gasteiger partial charge in [0, 0.05) is 12.1 Å². The summed E-state index contributed by atoms with van der Waals surface area (Å²) in [7, 11) is 0. The predicted molar refractivity (Wildman–Crippen MR) is 47.5 cm³/mol. The molecule has 0 heterocycles. The number of hydrogen-bond acceptors (Lipinski definition) is 1. The Labute approximate surface area is 69.6 Å². The first kappa shape index (κ1) is 7.60. The highest BCUT2D eigenvalue weighted by Gasteiger charge is 2.35. The smallest absolute Gasteiger partial charge is 0.00989 e. The summed E-state index contributed by atoms with van der Waals surface area (Å²) < 4.78 is 0. The van der Waals surface area contributed by atoms with E-state index >= 15 is 0 Å². The second-order valence-corrected chi connectivity index (χ2v) is 4.47. The van der Waals surface area contributed by atoms with Crippen LogP contribution < -0.4 is 5.32 Å². The molecule has 3 atom stereocenters. The van der Waals surface area contributed by atoms with Gasteiger partial charge < -0.3 is 5.32 Å². The molecule has 0 radical (unpaired) electrons. The van der Waals surface area contributed by atoms with E-state index in [-0.39, 0.29) is 0 Å². The standard InChI is InChI=1S/C10H19N/c1-7-6-10(7)11-8(2)9-4-3-5-9/h7-11H,3-6H2,1-2H3. The Morgan fingerprint density at radius 2 is 2.00 bits per heavy atom. The second-order valence-electron chi connectivity index (χ2n) is 4.47. The van der Waals surface area contributed by atoms with Gasteiger partial charge in [-0.15, -0.1) is 0 Å². The SMILES string of the molecule is CC1CC1NC(C)C1CCC1. The average Bonchev–Trinajstić information content (AvgIpc) is 2.40. The predicted octanol–water partition coefficient (Wildman–Crippen LogP) is 2.17. The first-order chi connectivity index (χ1) is 5.27. The van der Waals surface area contributed by atoms with Crippen LogP contribution in [-0.4, -0.2) is 12.1 Å². The van der Waals surface area contributed by atoms with E-state index < -0.39 is 0 Å². The fourth-order valence-electron chi connectivity index (χ4n) is 1.97. The van der Waals surface area contributed by atoms with Crippen LogP contribution in [0.15, 0.2) is 0 Å². The van der Waals surface area contributed by atoms with Crippen molar-refractivity contribution in [3.63, 3.8) is 0 Å². The van der Waals surface area contributed by atoms with Crippen molar-refractivity contribution in [3.05, 3.63) is 0 Å². The zero-order valence-corrected chi connectivity index (χ0v) is 7.64. The monoisotopic (exact) mass is 153 g/mol. The molecule has 2 saturated carbocycles. The van der Waals surface area contributed by atoms with Crippen LogP contribution in [0.4, 0.5) is 0 Å². The van der Waals surface area contributed by atoms with E-state index in [4.69, 9.17) is 0 Å². The first-order valence-corrected chi connectivity index (χ1v) is 5.03. The van der Waals surface area contributed by atoms with Gasteiger partial charge in [-0.1, -0.05) is 13.3 Å². The van der Waals surface area contributed by atoms with Gasteiger partial charge in [0.05, 0.1) is 0 Å². The third kappa shape index (κ3) is 1.58. The van der Waals surface area contributed by atoms with Crippen LogP contribution in [0.2, 0.25) is 0 Å². The molecule has 0 saturated heterocycles. The van der Waals surface area contributed by atoms with Crippen LogP contribution in [0.1, 0.15) is 39.5 Å². The lowest BCUT2D eigenvalue weighted by Gasteiger charge is -2.32. The molecule has 2 aliphatic carbocycles. The van der Waals surface area contributed by atoms with Crippen molar-refractivity contribution in [3.8, 4) is 0 Å². The zero-order chi connectivity index (χ0) is 7.84. The van der Waals surface area contributed by atoms with Crippen molar-refractivity contribution < 1.29 is 0 Å². The maximum absolute atomic E-state index is 3.71. The normalized spacial score (nSPS) is 39.8. The minimum atomic E-state index is 0.790.